The Bertz CT molecular complexity index is 625. The van der Waals surface area contributed by atoms with Crippen molar-refractivity contribution in [3.8, 4) is 10.7 Å². The summed E-state index contributed by atoms with van der Waals surface area (Å²) in [5, 5.41) is 10.1. The number of amides is 1. The van der Waals surface area contributed by atoms with E-state index in [1.807, 2.05) is 23.1 Å². The summed E-state index contributed by atoms with van der Waals surface area (Å²) in [5.41, 5.74) is 0.833. The van der Waals surface area contributed by atoms with Gasteiger partial charge in [0.1, 0.15) is 12.3 Å². The average molecular weight is 319 g/mol. The van der Waals surface area contributed by atoms with Crippen LogP contribution in [0.2, 0.25) is 0 Å². The molecule has 1 saturated heterocycles. The van der Waals surface area contributed by atoms with Crippen LogP contribution in [0.25, 0.3) is 10.7 Å². The molecule has 3 heterocycles. The largest absolute Gasteiger partial charge is 0.375 e. The van der Waals surface area contributed by atoms with E-state index in [4.69, 9.17) is 4.74 Å². The van der Waals surface area contributed by atoms with Gasteiger partial charge in [-0.05, 0) is 12.1 Å². The number of piperazine rings is 1. The fraction of sp³-hybridized carbons (Fsp3) is 0.429. The monoisotopic (exact) mass is 319 g/mol. The van der Waals surface area contributed by atoms with E-state index in [0.29, 0.717) is 13.1 Å². The van der Waals surface area contributed by atoms with E-state index in [9.17, 15) is 4.79 Å². The van der Waals surface area contributed by atoms with E-state index >= 15 is 0 Å². The van der Waals surface area contributed by atoms with Crippen LogP contribution < -0.4 is 4.90 Å². The maximum Gasteiger partial charge on any atom is 0.248 e. The first kappa shape index (κ1) is 14.9. The first-order valence-electron chi connectivity index (χ1n) is 7.04. The molecule has 0 aliphatic carbocycles. The Hall–Kier alpha value is -2.06. The summed E-state index contributed by atoms with van der Waals surface area (Å²) < 4.78 is 4.89. The maximum absolute atomic E-state index is 11.8. The second-order valence-electron chi connectivity index (χ2n) is 4.91. The van der Waals surface area contributed by atoms with Crippen LogP contribution in [-0.4, -0.2) is 65.9 Å². The minimum Gasteiger partial charge on any atom is -0.375 e. The molecule has 0 N–H and O–H groups in total. The first-order chi connectivity index (χ1) is 10.8. The van der Waals surface area contributed by atoms with Gasteiger partial charge in [0.15, 0.2) is 5.01 Å². The SMILES string of the molecule is COCC(=O)N1CCN(c2nnc(-c3ccccn3)s2)CC1. The molecular formula is C14H17N5O2S. The van der Waals surface area contributed by atoms with Gasteiger partial charge in [-0.2, -0.15) is 0 Å². The van der Waals surface area contributed by atoms with Crippen molar-refractivity contribution in [2.75, 3.05) is 44.8 Å². The van der Waals surface area contributed by atoms with Crippen LogP contribution >= 0.6 is 11.3 Å². The van der Waals surface area contributed by atoms with Crippen LogP contribution in [0.15, 0.2) is 24.4 Å². The van der Waals surface area contributed by atoms with Crippen LogP contribution in [0, 0.1) is 0 Å². The van der Waals surface area contributed by atoms with Gasteiger partial charge < -0.3 is 14.5 Å². The van der Waals surface area contributed by atoms with E-state index in [0.717, 1.165) is 28.9 Å². The summed E-state index contributed by atoms with van der Waals surface area (Å²) >= 11 is 1.53. The van der Waals surface area contributed by atoms with Crippen molar-refractivity contribution in [1.82, 2.24) is 20.1 Å². The molecule has 0 bridgehead atoms. The molecule has 0 atom stereocenters. The molecule has 2 aromatic rings. The van der Waals surface area contributed by atoms with Crippen molar-refractivity contribution in [1.29, 1.82) is 0 Å². The molecule has 0 spiro atoms. The number of hydrogen-bond acceptors (Lipinski definition) is 7. The van der Waals surface area contributed by atoms with E-state index in [1.54, 1.807) is 6.20 Å². The molecule has 0 saturated carbocycles. The van der Waals surface area contributed by atoms with Gasteiger partial charge in [0.2, 0.25) is 11.0 Å². The predicted octanol–water partition coefficient (Wildman–Crippen LogP) is 0.895. The van der Waals surface area contributed by atoms with Gasteiger partial charge >= 0.3 is 0 Å². The molecule has 8 heteroatoms. The van der Waals surface area contributed by atoms with Crippen molar-refractivity contribution >= 4 is 22.4 Å². The highest BCUT2D eigenvalue weighted by molar-refractivity contribution is 7.18. The normalized spacial score (nSPS) is 15.1. The lowest BCUT2D eigenvalue weighted by Crippen LogP contribution is -2.49. The Morgan fingerprint density at radius 1 is 1.27 bits per heavy atom. The Morgan fingerprint density at radius 2 is 2.09 bits per heavy atom. The van der Waals surface area contributed by atoms with Crippen molar-refractivity contribution in [3.63, 3.8) is 0 Å². The summed E-state index contributed by atoms with van der Waals surface area (Å²) in [6, 6.07) is 5.73. The summed E-state index contributed by atoms with van der Waals surface area (Å²) in [6.07, 6.45) is 1.75. The molecule has 2 aromatic heterocycles. The molecule has 116 valence electrons. The number of ether oxygens (including phenoxy) is 1. The van der Waals surface area contributed by atoms with Gasteiger partial charge in [0.25, 0.3) is 0 Å². The van der Waals surface area contributed by atoms with Crippen LogP contribution in [0.5, 0.6) is 0 Å². The van der Waals surface area contributed by atoms with Crippen molar-refractivity contribution in [2.24, 2.45) is 0 Å². The number of aromatic nitrogens is 3. The standard InChI is InChI=1S/C14H17N5O2S/c1-21-10-12(20)18-6-8-19(9-7-18)14-17-16-13(22-14)11-4-2-3-5-15-11/h2-5H,6-10H2,1H3. The lowest BCUT2D eigenvalue weighted by atomic mass is 10.3. The van der Waals surface area contributed by atoms with Crippen LogP contribution in [-0.2, 0) is 9.53 Å². The zero-order valence-electron chi connectivity index (χ0n) is 12.3. The molecule has 7 nitrogen and oxygen atoms in total. The van der Waals surface area contributed by atoms with Gasteiger partial charge in [-0.25, -0.2) is 0 Å². The van der Waals surface area contributed by atoms with Gasteiger partial charge in [-0.1, -0.05) is 17.4 Å². The maximum atomic E-state index is 11.8. The Morgan fingerprint density at radius 3 is 2.77 bits per heavy atom. The average Bonchev–Trinajstić information content (AvgIpc) is 3.06. The van der Waals surface area contributed by atoms with Gasteiger partial charge in [0.05, 0.1) is 0 Å². The van der Waals surface area contributed by atoms with Crippen LogP contribution in [0.3, 0.4) is 0 Å². The molecule has 0 aromatic carbocycles. The number of carbonyl (C=O) groups is 1. The molecule has 1 aliphatic heterocycles. The highest BCUT2D eigenvalue weighted by Crippen LogP contribution is 2.27. The van der Waals surface area contributed by atoms with Crippen molar-refractivity contribution < 1.29 is 9.53 Å². The Kier molecular flexibility index (Phi) is 4.59. The number of carbonyl (C=O) groups excluding carboxylic acids is 1. The van der Waals surface area contributed by atoms with E-state index in [1.165, 1.54) is 18.4 Å². The summed E-state index contributed by atoms with van der Waals surface area (Å²) in [7, 11) is 1.54. The second-order valence-corrected chi connectivity index (χ2v) is 5.86. The summed E-state index contributed by atoms with van der Waals surface area (Å²) in [6.45, 7) is 3.02. The van der Waals surface area contributed by atoms with E-state index < -0.39 is 0 Å². The van der Waals surface area contributed by atoms with E-state index in [2.05, 4.69) is 20.1 Å². The number of pyridine rings is 1. The second kappa shape index (κ2) is 6.80. The smallest absolute Gasteiger partial charge is 0.248 e. The third-order valence-electron chi connectivity index (χ3n) is 3.47. The topological polar surface area (TPSA) is 71.5 Å². The van der Waals surface area contributed by atoms with Crippen LogP contribution in [0.1, 0.15) is 0 Å². The fourth-order valence-electron chi connectivity index (χ4n) is 2.30. The van der Waals surface area contributed by atoms with Gasteiger partial charge in [-0.3, -0.25) is 9.78 Å². The third kappa shape index (κ3) is 3.23. The quantitative estimate of drug-likeness (QED) is 0.834. The molecule has 0 radical (unpaired) electrons. The molecule has 1 fully saturated rings. The highest BCUT2D eigenvalue weighted by Gasteiger charge is 2.23. The number of nitrogens with zero attached hydrogens (tertiary/aromatic N) is 5. The minimum atomic E-state index is 0.0357. The number of anilines is 1. The van der Waals surface area contributed by atoms with Crippen molar-refractivity contribution in [2.45, 2.75) is 0 Å². The number of rotatable bonds is 4. The summed E-state index contributed by atoms with van der Waals surface area (Å²) in [5.74, 6) is 0.0357. The third-order valence-corrected chi connectivity index (χ3v) is 4.48. The Labute approximate surface area is 132 Å². The molecule has 1 aliphatic rings. The predicted molar refractivity (Wildman–Crippen MR) is 83.8 cm³/mol. The lowest BCUT2D eigenvalue weighted by molar-refractivity contribution is -0.135. The Balaban J connectivity index is 1.63. The van der Waals surface area contributed by atoms with E-state index in [-0.39, 0.29) is 12.5 Å². The molecular weight excluding hydrogens is 302 g/mol. The zero-order chi connectivity index (χ0) is 15.4. The minimum absolute atomic E-state index is 0.0357. The molecule has 1 amide bonds. The molecule has 0 unspecified atom stereocenters. The highest BCUT2D eigenvalue weighted by atomic mass is 32.1. The first-order valence-corrected chi connectivity index (χ1v) is 7.86. The zero-order valence-corrected chi connectivity index (χ0v) is 13.1. The lowest BCUT2D eigenvalue weighted by Gasteiger charge is -2.34. The van der Waals surface area contributed by atoms with Crippen LogP contribution in [0.4, 0.5) is 5.13 Å². The fourth-order valence-corrected chi connectivity index (χ4v) is 3.17. The van der Waals surface area contributed by atoms with Gasteiger partial charge in [0, 0.05) is 39.5 Å². The number of methoxy groups -OCH3 is 1. The summed E-state index contributed by atoms with van der Waals surface area (Å²) in [4.78, 5) is 20.0. The van der Waals surface area contributed by atoms with Crippen molar-refractivity contribution in [3.05, 3.63) is 24.4 Å². The molecule has 3 rings (SSSR count). The van der Waals surface area contributed by atoms with Gasteiger partial charge in [-0.15, -0.1) is 10.2 Å². The number of hydrogen-bond donors (Lipinski definition) is 0. The molecule has 22 heavy (non-hydrogen) atoms.